The summed E-state index contributed by atoms with van der Waals surface area (Å²) in [5, 5.41) is 7.81. The average Bonchev–Trinajstić information content (AvgIpc) is 2.88. The van der Waals surface area contributed by atoms with Crippen molar-refractivity contribution < 1.29 is 23.1 Å². The maximum Gasteiger partial charge on any atom is 0.490 e. The van der Waals surface area contributed by atoms with E-state index in [1.54, 1.807) is 0 Å². The van der Waals surface area contributed by atoms with E-state index in [9.17, 15) is 18.0 Å². The summed E-state index contributed by atoms with van der Waals surface area (Å²) < 4.78 is 33.6. The van der Waals surface area contributed by atoms with Gasteiger partial charge in [0.05, 0.1) is 30.2 Å². The van der Waals surface area contributed by atoms with Crippen molar-refractivity contribution in [3.05, 3.63) is 76.3 Å². The number of carbonyl (C=O) groups is 1. The Balaban J connectivity index is 0.000000505. The lowest BCUT2D eigenvalue weighted by Crippen LogP contribution is -2.50. The van der Waals surface area contributed by atoms with Gasteiger partial charge in [-0.2, -0.15) is 13.2 Å². The maximum absolute atomic E-state index is 13.5. The van der Waals surface area contributed by atoms with Gasteiger partial charge in [-0.15, -0.1) is 0 Å². The molecule has 1 N–H and O–H groups in total. The van der Waals surface area contributed by atoms with E-state index in [2.05, 4.69) is 47.9 Å². The van der Waals surface area contributed by atoms with Gasteiger partial charge in [-0.25, -0.2) is 9.78 Å². The second kappa shape index (κ2) is 13.0. The lowest BCUT2D eigenvalue weighted by molar-refractivity contribution is -0.192. The van der Waals surface area contributed by atoms with Crippen molar-refractivity contribution in [3.8, 4) is 0 Å². The maximum atomic E-state index is 13.5. The molecule has 3 aromatic rings. The zero-order valence-corrected chi connectivity index (χ0v) is 21.9. The number of fused-ring (bicyclic) bond motifs is 1. The number of benzene rings is 2. The number of hydrogen-bond acceptors (Lipinski definition) is 6. The minimum absolute atomic E-state index is 0.0501. The molecule has 0 saturated carbocycles. The molecule has 1 atom stereocenters. The highest BCUT2D eigenvalue weighted by Crippen LogP contribution is 2.25. The number of alkyl halides is 3. The Bertz CT molecular complexity index is 1260. The molecule has 1 saturated heterocycles. The van der Waals surface area contributed by atoms with E-state index in [1.807, 2.05) is 47.0 Å². The molecule has 11 heteroatoms. The van der Waals surface area contributed by atoms with Crippen molar-refractivity contribution >= 4 is 16.9 Å². The van der Waals surface area contributed by atoms with Gasteiger partial charge < -0.3 is 5.11 Å². The summed E-state index contributed by atoms with van der Waals surface area (Å²) in [6.45, 7) is 7.77. The van der Waals surface area contributed by atoms with Gasteiger partial charge in [-0.1, -0.05) is 49.4 Å². The Morgan fingerprint density at radius 3 is 2.16 bits per heavy atom. The Morgan fingerprint density at radius 1 is 1.03 bits per heavy atom. The fourth-order valence-electron chi connectivity index (χ4n) is 4.58. The highest BCUT2D eigenvalue weighted by atomic mass is 19.4. The summed E-state index contributed by atoms with van der Waals surface area (Å²) in [7, 11) is 4.23. The molecule has 4 rings (SSSR count). The van der Waals surface area contributed by atoms with Gasteiger partial charge >= 0.3 is 12.1 Å². The highest BCUT2D eigenvalue weighted by molar-refractivity contribution is 5.77. The lowest BCUT2D eigenvalue weighted by atomic mass is 10.1. The topological polar surface area (TPSA) is 81.9 Å². The summed E-state index contributed by atoms with van der Waals surface area (Å²) in [6.07, 6.45) is -4.16. The van der Waals surface area contributed by atoms with Gasteiger partial charge in [0.15, 0.2) is 0 Å². The first-order chi connectivity index (χ1) is 18.0. The summed E-state index contributed by atoms with van der Waals surface area (Å²) in [4.78, 5) is 34.7. The minimum atomic E-state index is -5.08. The largest absolute Gasteiger partial charge is 0.490 e. The number of aromatic nitrogens is 2. The Morgan fingerprint density at radius 2 is 1.61 bits per heavy atom. The number of para-hydroxylation sites is 1. The SMILES string of the molecule is CCC(c1nc2ccccc2c(=O)n1Cc1ccccc1)N1CCN(CN(C)C)CC1.O=C(O)C(F)(F)F. The molecular weight excluding hydrogens is 499 g/mol. The molecule has 0 radical (unpaired) electrons. The van der Waals surface area contributed by atoms with E-state index in [4.69, 9.17) is 14.9 Å². The molecule has 2 aromatic carbocycles. The number of piperazine rings is 1. The third-order valence-electron chi connectivity index (χ3n) is 6.33. The van der Waals surface area contributed by atoms with Crippen molar-refractivity contribution in [2.45, 2.75) is 32.1 Å². The molecule has 2 heterocycles. The van der Waals surface area contributed by atoms with Crippen LogP contribution in [0.3, 0.4) is 0 Å². The zero-order valence-electron chi connectivity index (χ0n) is 21.9. The first-order valence-electron chi connectivity index (χ1n) is 12.5. The molecule has 0 spiro atoms. The fourth-order valence-corrected chi connectivity index (χ4v) is 4.58. The average molecular weight is 534 g/mol. The smallest absolute Gasteiger partial charge is 0.475 e. The van der Waals surface area contributed by atoms with Gasteiger partial charge in [0.25, 0.3) is 5.56 Å². The zero-order chi connectivity index (χ0) is 27.9. The first-order valence-corrected chi connectivity index (χ1v) is 12.5. The number of nitrogens with zero attached hydrogens (tertiary/aromatic N) is 5. The molecule has 0 amide bonds. The third kappa shape index (κ3) is 7.62. The minimum Gasteiger partial charge on any atom is -0.475 e. The van der Waals surface area contributed by atoms with Gasteiger partial charge in [0, 0.05) is 26.2 Å². The van der Waals surface area contributed by atoms with E-state index >= 15 is 0 Å². The second-order valence-electron chi connectivity index (χ2n) is 9.47. The molecule has 0 bridgehead atoms. The molecule has 1 aromatic heterocycles. The van der Waals surface area contributed by atoms with Gasteiger partial charge in [0.1, 0.15) is 5.82 Å². The molecule has 1 unspecified atom stereocenters. The van der Waals surface area contributed by atoms with Crippen molar-refractivity contribution in [1.82, 2.24) is 24.3 Å². The molecule has 1 aliphatic rings. The van der Waals surface area contributed by atoms with Gasteiger partial charge in [-0.05, 0) is 38.2 Å². The molecule has 8 nitrogen and oxygen atoms in total. The number of carboxylic acid groups (broad SMARTS) is 1. The van der Waals surface area contributed by atoms with Crippen molar-refractivity contribution in [2.75, 3.05) is 46.9 Å². The van der Waals surface area contributed by atoms with E-state index in [-0.39, 0.29) is 11.6 Å². The van der Waals surface area contributed by atoms with Crippen molar-refractivity contribution in [3.63, 3.8) is 0 Å². The normalized spacial score (nSPS) is 15.8. The number of hydrogen-bond donors (Lipinski definition) is 1. The van der Waals surface area contributed by atoms with E-state index in [1.165, 1.54) is 0 Å². The first kappa shape index (κ1) is 29.3. The van der Waals surface area contributed by atoms with Crippen LogP contribution >= 0.6 is 0 Å². The van der Waals surface area contributed by atoms with E-state index in [0.29, 0.717) is 11.9 Å². The summed E-state index contributed by atoms with van der Waals surface area (Å²) in [5.74, 6) is -1.87. The van der Waals surface area contributed by atoms with Gasteiger partial charge in [0.2, 0.25) is 0 Å². The van der Waals surface area contributed by atoms with Crippen molar-refractivity contribution in [2.24, 2.45) is 0 Å². The Kier molecular flexibility index (Phi) is 10.0. The monoisotopic (exact) mass is 533 g/mol. The van der Waals surface area contributed by atoms with Gasteiger partial charge in [-0.3, -0.25) is 24.1 Å². The standard InChI is InChI=1S/C25H33N5O.C2HF3O2/c1-4-23(29-16-14-28(15-17-29)19-27(2)3)24-26-22-13-9-8-12-21(22)25(31)30(24)18-20-10-6-5-7-11-20;3-2(4,5)1(6)7/h5-13,23H,4,14-19H2,1-3H3;(H,6,7). The van der Waals surface area contributed by atoms with E-state index < -0.39 is 12.1 Å². The lowest BCUT2D eigenvalue weighted by Gasteiger charge is -2.40. The molecule has 1 aliphatic heterocycles. The Hall–Kier alpha value is -3.28. The van der Waals surface area contributed by atoms with Crippen LogP contribution in [-0.2, 0) is 11.3 Å². The van der Waals surface area contributed by atoms with Crippen LogP contribution < -0.4 is 5.56 Å². The van der Waals surface area contributed by atoms with Crippen LogP contribution in [0.4, 0.5) is 13.2 Å². The predicted molar refractivity (Wildman–Crippen MR) is 140 cm³/mol. The van der Waals surface area contributed by atoms with Crippen LogP contribution in [0.2, 0.25) is 0 Å². The molecule has 38 heavy (non-hydrogen) atoms. The number of rotatable bonds is 7. The van der Waals surface area contributed by atoms with Crippen LogP contribution in [-0.4, -0.2) is 88.4 Å². The number of aliphatic carboxylic acids is 1. The molecule has 206 valence electrons. The van der Waals surface area contributed by atoms with E-state index in [0.717, 1.165) is 56.2 Å². The molecule has 1 fully saturated rings. The summed E-state index contributed by atoms with van der Waals surface area (Å²) in [5.41, 5.74) is 1.96. The number of halogens is 3. The predicted octanol–water partition coefficient (Wildman–Crippen LogP) is 3.67. The Labute approximate surface area is 219 Å². The number of carboxylic acids is 1. The highest BCUT2D eigenvalue weighted by Gasteiger charge is 2.38. The second-order valence-corrected chi connectivity index (χ2v) is 9.47. The van der Waals surface area contributed by atoms with Crippen LogP contribution in [0.1, 0.15) is 30.8 Å². The van der Waals surface area contributed by atoms with Crippen LogP contribution in [0.5, 0.6) is 0 Å². The summed E-state index contributed by atoms with van der Waals surface area (Å²) in [6, 6.07) is 18.0. The molecule has 0 aliphatic carbocycles. The van der Waals surface area contributed by atoms with Crippen LogP contribution in [0.25, 0.3) is 10.9 Å². The van der Waals surface area contributed by atoms with Crippen LogP contribution in [0, 0.1) is 0 Å². The summed E-state index contributed by atoms with van der Waals surface area (Å²) >= 11 is 0. The molecular formula is C27H34F3N5O3. The van der Waals surface area contributed by atoms with Crippen molar-refractivity contribution in [1.29, 1.82) is 0 Å². The van der Waals surface area contributed by atoms with Crippen LogP contribution in [0.15, 0.2) is 59.4 Å². The quantitative estimate of drug-likeness (QED) is 0.496. The third-order valence-corrected chi connectivity index (χ3v) is 6.33. The fraction of sp³-hybridized carbons (Fsp3) is 0.444.